The van der Waals surface area contributed by atoms with Crippen molar-refractivity contribution in [2.24, 2.45) is 0 Å². The lowest BCUT2D eigenvalue weighted by Crippen LogP contribution is -2.24. The van der Waals surface area contributed by atoms with Gasteiger partial charge < -0.3 is 4.90 Å². The highest BCUT2D eigenvalue weighted by Gasteiger charge is 2.28. The third-order valence-electron chi connectivity index (χ3n) is 4.28. The molecular weight excluding hydrogens is 322 g/mol. The van der Waals surface area contributed by atoms with Crippen LogP contribution in [0.4, 0.5) is 17.6 Å². The third kappa shape index (κ3) is 3.77. The monoisotopic (exact) mass is 341 g/mol. The molecule has 0 amide bonds. The van der Waals surface area contributed by atoms with Crippen LogP contribution in [0.15, 0.2) is 24.3 Å². The quantitative estimate of drug-likeness (QED) is 0.770. The molecule has 0 N–H and O–H groups in total. The van der Waals surface area contributed by atoms with Crippen LogP contribution in [0.25, 0.3) is 5.69 Å². The van der Waals surface area contributed by atoms with Gasteiger partial charge in [0.05, 0.1) is 17.8 Å². The fourth-order valence-electron chi connectivity index (χ4n) is 3.09. The predicted molar refractivity (Wildman–Crippen MR) is 82.6 cm³/mol. The number of nitrogens with zero attached hydrogens (tertiary/aromatic N) is 3. The maximum absolute atomic E-state index is 13.1. The van der Waals surface area contributed by atoms with Crippen molar-refractivity contribution in [3.63, 3.8) is 0 Å². The highest BCUT2D eigenvalue weighted by atomic mass is 19.4. The molecule has 0 atom stereocenters. The summed E-state index contributed by atoms with van der Waals surface area (Å²) >= 11 is 0. The van der Waals surface area contributed by atoms with Gasteiger partial charge >= 0.3 is 6.18 Å². The Morgan fingerprint density at radius 3 is 2.54 bits per heavy atom. The summed E-state index contributed by atoms with van der Waals surface area (Å²) in [5, 5.41) is 4.59. The van der Waals surface area contributed by atoms with Crippen molar-refractivity contribution in [3.8, 4) is 5.69 Å². The summed E-state index contributed by atoms with van der Waals surface area (Å²) in [5.41, 5.74) is 3.80. The van der Waals surface area contributed by atoms with Crippen molar-refractivity contribution in [3.05, 3.63) is 47.0 Å². The van der Waals surface area contributed by atoms with E-state index in [9.17, 15) is 17.6 Å². The first-order valence-electron chi connectivity index (χ1n) is 7.94. The number of aromatic nitrogens is 2. The summed E-state index contributed by atoms with van der Waals surface area (Å²) in [6, 6.07) is 6.09. The Morgan fingerprint density at radius 1 is 1.17 bits per heavy atom. The van der Waals surface area contributed by atoms with Gasteiger partial charge in [-0.3, -0.25) is 0 Å². The van der Waals surface area contributed by atoms with Crippen molar-refractivity contribution in [1.82, 2.24) is 14.7 Å². The molecule has 3 nitrogen and oxygen atoms in total. The molecule has 0 fully saturated rings. The Morgan fingerprint density at radius 2 is 1.88 bits per heavy atom. The van der Waals surface area contributed by atoms with Crippen LogP contribution in [-0.4, -0.2) is 34.4 Å². The Hall–Kier alpha value is -1.89. The summed E-state index contributed by atoms with van der Waals surface area (Å²) in [4.78, 5) is 1.64. The van der Waals surface area contributed by atoms with E-state index in [-0.39, 0.29) is 12.4 Å². The molecule has 2 aromatic rings. The number of fused-ring (bicyclic) bond motifs is 1. The molecule has 24 heavy (non-hydrogen) atoms. The molecule has 0 aliphatic heterocycles. The summed E-state index contributed by atoms with van der Waals surface area (Å²) in [6.45, 7) is 0.328. The van der Waals surface area contributed by atoms with E-state index in [1.54, 1.807) is 28.8 Å². The van der Waals surface area contributed by atoms with Crippen molar-refractivity contribution >= 4 is 0 Å². The lowest BCUT2D eigenvalue weighted by atomic mass is 10.2. The van der Waals surface area contributed by atoms with Crippen LogP contribution in [0.5, 0.6) is 0 Å². The standard InChI is InChI=1S/C17H19F4N3/c1-23(10-9-17(19,20)21)11-15-14-3-2-4-16(14)24(22-15)13-7-5-12(18)6-8-13/h5-8H,2-4,9-11H2,1H3. The van der Waals surface area contributed by atoms with Crippen LogP contribution >= 0.6 is 0 Å². The molecule has 130 valence electrons. The number of rotatable bonds is 5. The molecule has 1 aromatic carbocycles. The van der Waals surface area contributed by atoms with Crippen LogP contribution in [0.1, 0.15) is 29.8 Å². The van der Waals surface area contributed by atoms with Gasteiger partial charge in [0.25, 0.3) is 0 Å². The summed E-state index contributed by atoms with van der Waals surface area (Å²) in [7, 11) is 1.67. The molecule has 1 aromatic heterocycles. The van der Waals surface area contributed by atoms with Gasteiger partial charge in [0.15, 0.2) is 0 Å². The number of hydrogen-bond acceptors (Lipinski definition) is 2. The summed E-state index contributed by atoms with van der Waals surface area (Å²) < 4.78 is 52.0. The zero-order chi connectivity index (χ0) is 17.3. The molecule has 1 aliphatic rings. The zero-order valence-corrected chi connectivity index (χ0v) is 13.4. The normalized spacial score (nSPS) is 14.4. The maximum Gasteiger partial charge on any atom is 0.390 e. The molecule has 0 saturated carbocycles. The molecule has 0 bridgehead atoms. The molecule has 7 heteroatoms. The number of halogens is 4. The van der Waals surface area contributed by atoms with Gasteiger partial charge in [-0.1, -0.05) is 0 Å². The topological polar surface area (TPSA) is 21.1 Å². The molecule has 0 saturated heterocycles. The van der Waals surface area contributed by atoms with Gasteiger partial charge in [-0.15, -0.1) is 0 Å². The Bertz CT molecular complexity index is 704. The number of alkyl halides is 3. The second-order valence-corrected chi connectivity index (χ2v) is 6.22. The fourth-order valence-corrected chi connectivity index (χ4v) is 3.09. The van der Waals surface area contributed by atoms with Crippen LogP contribution < -0.4 is 0 Å². The minimum atomic E-state index is -4.15. The van der Waals surface area contributed by atoms with Gasteiger partial charge in [0.1, 0.15) is 5.82 Å². The highest BCUT2D eigenvalue weighted by Crippen LogP contribution is 2.29. The van der Waals surface area contributed by atoms with E-state index in [1.807, 2.05) is 0 Å². The van der Waals surface area contributed by atoms with E-state index >= 15 is 0 Å². The Kier molecular flexibility index (Phi) is 4.62. The average molecular weight is 341 g/mol. The maximum atomic E-state index is 13.1. The minimum absolute atomic E-state index is 0.0539. The van der Waals surface area contributed by atoms with Crippen molar-refractivity contribution in [2.45, 2.75) is 38.4 Å². The average Bonchev–Trinajstić information content (AvgIpc) is 3.09. The molecule has 3 rings (SSSR count). The lowest BCUT2D eigenvalue weighted by Gasteiger charge is -2.17. The number of benzene rings is 1. The van der Waals surface area contributed by atoms with Gasteiger partial charge in [0.2, 0.25) is 0 Å². The van der Waals surface area contributed by atoms with Gasteiger partial charge in [-0.05, 0) is 56.1 Å². The molecule has 0 radical (unpaired) electrons. The first-order valence-corrected chi connectivity index (χ1v) is 7.94. The zero-order valence-electron chi connectivity index (χ0n) is 13.4. The van der Waals surface area contributed by atoms with Crippen molar-refractivity contribution < 1.29 is 17.6 Å². The highest BCUT2D eigenvalue weighted by molar-refractivity contribution is 5.40. The van der Waals surface area contributed by atoms with Crippen LogP contribution in [0.2, 0.25) is 0 Å². The molecule has 0 spiro atoms. The van der Waals surface area contributed by atoms with E-state index in [4.69, 9.17) is 0 Å². The van der Waals surface area contributed by atoms with Crippen LogP contribution in [-0.2, 0) is 19.4 Å². The molecule has 0 unspecified atom stereocenters. The van der Waals surface area contributed by atoms with Crippen LogP contribution in [0.3, 0.4) is 0 Å². The second kappa shape index (κ2) is 6.55. The van der Waals surface area contributed by atoms with Crippen molar-refractivity contribution in [1.29, 1.82) is 0 Å². The SMILES string of the molecule is CN(CCC(F)(F)F)Cc1nn(-c2ccc(F)cc2)c2c1CCC2. The van der Waals surface area contributed by atoms with E-state index in [0.717, 1.165) is 41.9 Å². The summed E-state index contributed by atoms with van der Waals surface area (Å²) in [6.07, 6.45) is -2.20. The Labute approximate surface area is 137 Å². The van der Waals surface area contributed by atoms with Gasteiger partial charge in [-0.25, -0.2) is 9.07 Å². The summed E-state index contributed by atoms with van der Waals surface area (Å²) in [5.74, 6) is -0.311. The lowest BCUT2D eigenvalue weighted by molar-refractivity contribution is -0.137. The largest absolute Gasteiger partial charge is 0.390 e. The molecule has 1 heterocycles. The van der Waals surface area contributed by atoms with E-state index in [1.165, 1.54) is 12.1 Å². The van der Waals surface area contributed by atoms with E-state index < -0.39 is 12.6 Å². The van der Waals surface area contributed by atoms with E-state index in [2.05, 4.69) is 5.10 Å². The van der Waals surface area contributed by atoms with Gasteiger partial charge in [-0.2, -0.15) is 18.3 Å². The van der Waals surface area contributed by atoms with Crippen molar-refractivity contribution in [2.75, 3.05) is 13.6 Å². The van der Waals surface area contributed by atoms with E-state index in [0.29, 0.717) is 6.54 Å². The Balaban J connectivity index is 1.80. The predicted octanol–water partition coefficient (Wildman–Crippen LogP) is 3.88. The third-order valence-corrected chi connectivity index (χ3v) is 4.28. The first kappa shape index (κ1) is 17.0. The smallest absolute Gasteiger partial charge is 0.300 e. The molecular formula is C17H19F4N3. The first-order chi connectivity index (χ1) is 11.3. The minimum Gasteiger partial charge on any atom is -0.300 e. The fraction of sp³-hybridized carbons (Fsp3) is 0.471. The number of hydrogen-bond donors (Lipinski definition) is 0. The second-order valence-electron chi connectivity index (χ2n) is 6.22. The molecule has 1 aliphatic carbocycles. The van der Waals surface area contributed by atoms with Gasteiger partial charge in [0, 0.05) is 18.8 Å². The van der Waals surface area contributed by atoms with Crippen LogP contribution in [0, 0.1) is 5.82 Å².